The number of rotatable bonds is 7. The maximum Gasteiger partial charge on any atom is 0.523 e. The maximum atomic E-state index is 13.2. The lowest BCUT2D eigenvalue weighted by Gasteiger charge is -2.42. The second kappa shape index (κ2) is 9.69. The van der Waals surface area contributed by atoms with Gasteiger partial charge in [0.05, 0.1) is 5.60 Å². The molecule has 1 unspecified atom stereocenters. The lowest BCUT2D eigenvalue weighted by molar-refractivity contribution is -0.367. The minimum absolute atomic E-state index is 0.224. The Kier molecular flexibility index (Phi) is 7.16. The molecule has 1 aromatic carbocycles. The quantitative estimate of drug-likeness (QED) is 0.443. The Labute approximate surface area is 190 Å². The molecule has 1 fully saturated rings. The van der Waals surface area contributed by atoms with Crippen LogP contribution in [0.5, 0.6) is 0 Å². The molecule has 0 N–H and O–H groups in total. The van der Waals surface area contributed by atoms with Crippen LogP contribution in [-0.4, -0.2) is 47.5 Å². The summed E-state index contributed by atoms with van der Waals surface area (Å²) in [5.41, 5.74) is 1.41. The molecular weight excluding hydrogens is 439 g/mol. The van der Waals surface area contributed by atoms with Gasteiger partial charge < -0.3 is 4.90 Å². The minimum Gasteiger partial charge on any atom is -0.303 e. The summed E-state index contributed by atoms with van der Waals surface area (Å²) in [5, 5.41) is 3.72. The van der Waals surface area contributed by atoms with E-state index < -0.39 is 12.0 Å². The number of benzene rings is 1. The van der Waals surface area contributed by atoms with Gasteiger partial charge in [-0.05, 0) is 55.0 Å². The Bertz CT molecular complexity index is 942. The molecule has 0 bridgehead atoms. The third-order valence-corrected chi connectivity index (χ3v) is 8.65. The SMILES string of the molecule is CC1=CCC(SCC2(OC(F)(F)F)CCN(CCc3csc4ccccc34)CC2)C=C1. The molecule has 4 rings (SSSR count). The van der Waals surface area contributed by atoms with E-state index in [0.29, 0.717) is 31.7 Å². The second-order valence-corrected chi connectivity index (χ2v) is 10.6. The van der Waals surface area contributed by atoms with Gasteiger partial charge in [-0.15, -0.1) is 24.5 Å². The monoisotopic (exact) mass is 467 g/mol. The van der Waals surface area contributed by atoms with E-state index in [-0.39, 0.29) is 5.25 Å². The fraction of sp³-hybridized carbons (Fsp3) is 0.500. The van der Waals surface area contributed by atoms with Crippen molar-refractivity contribution in [3.05, 3.63) is 59.0 Å². The standard InChI is InChI=1S/C24H28F3NOS2/c1-18-6-8-20(9-7-18)31-17-23(29-24(25,26)27)11-14-28(15-12-23)13-10-19-16-30-22-5-3-2-4-21(19)22/h2-8,16,20H,9-15,17H2,1H3. The first-order valence-corrected chi connectivity index (χ1v) is 12.7. The third kappa shape index (κ3) is 6.15. The van der Waals surface area contributed by atoms with Crippen LogP contribution in [0.2, 0.25) is 0 Å². The van der Waals surface area contributed by atoms with Crippen molar-refractivity contribution >= 4 is 33.2 Å². The van der Waals surface area contributed by atoms with Gasteiger partial charge in [0, 0.05) is 35.3 Å². The molecule has 0 spiro atoms. The summed E-state index contributed by atoms with van der Waals surface area (Å²) >= 11 is 3.34. The molecule has 2 nitrogen and oxygen atoms in total. The molecule has 1 atom stereocenters. The van der Waals surface area contributed by atoms with Crippen LogP contribution >= 0.6 is 23.1 Å². The molecule has 2 aromatic rings. The molecule has 1 saturated heterocycles. The van der Waals surface area contributed by atoms with Crippen molar-refractivity contribution in [3.8, 4) is 0 Å². The van der Waals surface area contributed by atoms with Crippen LogP contribution in [0.25, 0.3) is 10.1 Å². The van der Waals surface area contributed by atoms with Crippen molar-refractivity contribution in [1.29, 1.82) is 0 Å². The Morgan fingerprint density at radius 1 is 1.23 bits per heavy atom. The highest BCUT2D eigenvalue weighted by molar-refractivity contribution is 8.00. The molecule has 1 aliphatic carbocycles. The smallest absolute Gasteiger partial charge is 0.303 e. The first-order chi connectivity index (χ1) is 14.8. The van der Waals surface area contributed by atoms with Crippen LogP contribution < -0.4 is 0 Å². The molecule has 0 radical (unpaired) electrons. The molecule has 2 heterocycles. The molecule has 1 aliphatic heterocycles. The number of thiophene rings is 1. The summed E-state index contributed by atoms with van der Waals surface area (Å²) in [4.78, 5) is 2.28. The first-order valence-electron chi connectivity index (χ1n) is 10.7. The summed E-state index contributed by atoms with van der Waals surface area (Å²) in [5.74, 6) is 0.372. The van der Waals surface area contributed by atoms with Gasteiger partial charge in [-0.25, -0.2) is 0 Å². The lowest BCUT2D eigenvalue weighted by Crippen LogP contribution is -2.50. The van der Waals surface area contributed by atoms with Crippen LogP contribution in [0.15, 0.2) is 53.4 Å². The number of hydrogen-bond acceptors (Lipinski definition) is 4. The van der Waals surface area contributed by atoms with Gasteiger partial charge in [-0.3, -0.25) is 4.74 Å². The maximum absolute atomic E-state index is 13.2. The predicted octanol–water partition coefficient (Wildman–Crippen LogP) is 6.82. The number of allylic oxidation sites excluding steroid dienone is 3. The predicted molar refractivity (Wildman–Crippen MR) is 125 cm³/mol. The van der Waals surface area contributed by atoms with E-state index in [9.17, 15) is 13.2 Å². The lowest BCUT2D eigenvalue weighted by atomic mass is 9.93. The normalized spacial score (nSPS) is 22.1. The van der Waals surface area contributed by atoms with Crippen LogP contribution in [0, 0.1) is 0 Å². The van der Waals surface area contributed by atoms with E-state index in [1.165, 1.54) is 21.2 Å². The number of likely N-dealkylation sites (tertiary alicyclic amines) is 1. The number of thioether (sulfide) groups is 1. The number of piperidine rings is 1. The fourth-order valence-electron chi connectivity index (χ4n) is 4.30. The number of alkyl halides is 3. The van der Waals surface area contributed by atoms with Crippen molar-refractivity contribution in [2.24, 2.45) is 0 Å². The van der Waals surface area contributed by atoms with Gasteiger partial charge in [-0.2, -0.15) is 11.8 Å². The number of hydrogen-bond donors (Lipinski definition) is 0. The third-order valence-electron chi connectivity index (χ3n) is 6.16. The highest BCUT2D eigenvalue weighted by atomic mass is 32.2. The summed E-state index contributed by atoms with van der Waals surface area (Å²) < 4.78 is 45.7. The van der Waals surface area contributed by atoms with Crippen molar-refractivity contribution in [2.75, 3.05) is 25.4 Å². The highest BCUT2D eigenvalue weighted by Gasteiger charge is 2.45. The molecule has 31 heavy (non-hydrogen) atoms. The van der Waals surface area contributed by atoms with Crippen molar-refractivity contribution in [3.63, 3.8) is 0 Å². The van der Waals surface area contributed by atoms with E-state index >= 15 is 0 Å². The van der Waals surface area contributed by atoms with E-state index in [1.54, 1.807) is 23.1 Å². The van der Waals surface area contributed by atoms with Crippen molar-refractivity contribution in [2.45, 2.75) is 49.8 Å². The van der Waals surface area contributed by atoms with Crippen LogP contribution in [0.1, 0.15) is 31.7 Å². The highest BCUT2D eigenvalue weighted by Crippen LogP contribution is 2.38. The number of halogens is 3. The van der Waals surface area contributed by atoms with Crippen molar-refractivity contribution in [1.82, 2.24) is 4.90 Å². The fourth-order valence-corrected chi connectivity index (χ4v) is 6.59. The topological polar surface area (TPSA) is 12.5 Å². The molecule has 0 amide bonds. The first kappa shape index (κ1) is 22.9. The summed E-state index contributed by atoms with van der Waals surface area (Å²) in [6, 6.07) is 8.38. The van der Waals surface area contributed by atoms with Gasteiger partial charge in [0.2, 0.25) is 0 Å². The van der Waals surface area contributed by atoms with Crippen LogP contribution in [-0.2, 0) is 11.2 Å². The van der Waals surface area contributed by atoms with Gasteiger partial charge in [-0.1, -0.05) is 42.0 Å². The summed E-state index contributed by atoms with van der Waals surface area (Å²) in [7, 11) is 0. The number of nitrogens with zero attached hydrogens (tertiary/aromatic N) is 1. The Balaban J connectivity index is 1.33. The van der Waals surface area contributed by atoms with E-state index in [0.717, 1.165) is 19.4 Å². The molecule has 0 saturated carbocycles. The van der Waals surface area contributed by atoms with Crippen LogP contribution in [0.4, 0.5) is 13.2 Å². The van der Waals surface area contributed by atoms with Gasteiger partial charge in [0.25, 0.3) is 0 Å². The molecule has 1 aromatic heterocycles. The van der Waals surface area contributed by atoms with Gasteiger partial charge >= 0.3 is 6.36 Å². The Hall–Kier alpha value is -1.28. The zero-order valence-electron chi connectivity index (χ0n) is 17.7. The zero-order valence-corrected chi connectivity index (χ0v) is 19.3. The van der Waals surface area contributed by atoms with Gasteiger partial charge in [0.1, 0.15) is 0 Å². The number of fused-ring (bicyclic) bond motifs is 1. The average molecular weight is 468 g/mol. The van der Waals surface area contributed by atoms with E-state index in [2.05, 4.69) is 46.7 Å². The minimum atomic E-state index is -4.60. The average Bonchev–Trinajstić information content (AvgIpc) is 3.15. The Morgan fingerprint density at radius 2 is 2.00 bits per heavy atom. The molecule has 7 heteroatoms. The number of ether oxygens (including phenoxy) is 1. The van der Waals surface area contributed by atoms with Crippen molar-refractivity contribution < 1.29 is 17.9 Å². The summed E-state index contributed by atoms with van der Waals surface area (Å²) in [6.45, 7) is 4.18. The molecule has 2 aliphatic rings. The molecular formula is C24H28F3NOS2. The molecule has 168 valence electrons. The van der Waals surface area contributed by atoms with Gasteiger partial charge in [0.15, 0.2) is 0 Å². The van der Waals surface area contributed by atoms with E-state index in [1.807, 2.05) is 13.0 Å². The van der Waals surface area contributed by atoms with E-state index in [4.69, 9.17) is 4.74 Å². The summed E-state index contributed by atoms with van der Waals surface area (Å²) in [6.07, 6.45) is 4.31. The Morgan fingerprint density at radius 3 is 2.71 bits per heavy atom. The second-order valence-electron chi connectivity index (χ2n) is 8.47. The largest absolute Gasteiger partial charge is 0.523 e. The zero-order chi connectivity index (χ0) is 21.9. The van der Waals surface area contributed by atoms with Crippen LogP contribution in [0.3, 0.4) is 0 Å².